The van der Waals surface area contributed by atoms with Crippen molar-refractivity contribution < 1.29 is 17.6 Å². The van der Waals surface area contributed by atoms with E-state index in [2.05, 4.69) is 26.8 Å². The molecule has 1 aliphatic rings. The van der Waals surface area contributed by atoms with Crippen LogP contribution in [0.3, 0.4) is 0 Å². The number of piperidine rings is 1. The lowest BCUT2D eigenvalue weighted by molar-refractivity contribution is -0.122. The van der Waals surface area contributed by atoms with E-state index in [-0.39, 0.29) is 23.9 Å². The lowest BCUT2D eigenvalue weighted by Crippen LogP contribution is -2.42. The van der Waals surface area contributed by atoms with Crippen molar-refractivity contribution in [3.05, 3.63) is 57.6 Å². The van der Waals surface area contributed by atoms with Crippen molar-refractivity contribution in [2.75, 3.05) is 13.1 Å². The molecular formula is C22H19BrFN3O3S2. The van der Waals surface area contributed by atoms with Crippen molar-refractivity contribution in [3.63, 3.8) is 0 Å². The Kier molecular flexibility index (Phi) is 6.62. The molecule has 3 aromatic rings. The van der Waals surface area contributed by atoms with E-state index in [0.29, 0.717) is 24.2 Å². The molecule has 4 rings (SSSR count). The number of benzene rings is 2. The topological polar surface area (TPSA) is 71.7 Å². The molecular weight excluding hydrogens is 517 g/mol. The van der Waals surface area contributed by atoms with E-state index in [1.165, 1.54) is 27.8 Å². The molecule has 32 heavy (non-hydrogen) atoms. The molecule has 2 aromatic carbocycles. The maximum absolute atomic E-state index is 13.2. The van der Waals surface area contributed by atoms with Crippen molar-refractivity contribution in [1.29, 1.82) is 0 Å². The highest BCUT2D eigenvalue weighted by Gasteiger charge is 2.33. The van der Waals surface area contributed by atoms with Crippen LogP contribution in [0, 0.1) is 24.1 Å². The number of thiazole rings is 1. The molecule has 0 N–H and O–H groups in total. The van der Waals surface area contributed by atoms with Crippen LogP contribution in [0.5, 0.6) is 0 Å². The number of carbonyl (C=O) groups is 1. The summed E-state index contributed by atoms with van der Waals surface area (Å²) in [6.07, 6.45) is 6.60. The van der Waals surface area contributed by atoms with Gasteiger partial charge in [-0.25, -0.2) is 12.8 Å². The third-order valence-corrected chi connectivity index (χ3v) is 8.70. The number of carbonyl (C=O) groups excluding carboxylic acids is 1. The lowest BCUT2D eigenvalue weighted by Gasteiger charge is -2.30. The van der Waals surface area contributed by atoms with Crippen molar-refractivity contribution in [3.8, 4) is 12.3 Å². The molecule has 1 amide bonds. The minimum atomic E-state index is -3.82. The Morgan fingerprint density at radius 1 is 1.28 bits per heavy atom. The standard InChI is InChI=1S/C22H19BrFN3O3S2/c1-2-11-27-19-10-5-16(23)13-20(19)31-22(27)25-21(28)15-4-3-12-26(14-15)32(29,30)18-8-6-17(24)7-9-18/h1,5-10,13,15H,3-4,11-12,14H2. The van der Waals surface area contributed by atoms with Gasteiger partial charge < -0.3 is 4.57 Å². The molecule has 0 spiro atoms. The molecule has 10 heteroatoms. The molecule has 0 saturated carbocycles. The average Bonchev–Trinajstić information content (AvgIpc) is 3.10. The van der Waals surface area contributed by atoms with Gasteiger partial charge in [0.1, 0.15) is 5.82 Å². The Balaban J connectivity index is 1.63. The highest BCUT2D eigenvalue weighted by molar-refractivity contribution is 9.10. The van der Waals surface area contributed by atoms with Gasteiger partial charge in [0.25, 0.3) is 5.91 Å². The Morgan fingerprint density at radius 3 is 2.75 bits per heavy atom. The summed E-state index contributed by atoms with van der Waals surface area (Å²) >= 11 is 4.80. The predicted molar refractivity (Wildman–Crippen MR) is 125 cm³/mol. The van der Waals surface area contributed by atoms with Crippen LogP contribution in [0.1, 0.15) is 12.8 Å². The van der Waals surface area contributed by atoms with Crippen molar-refractivity contribution in [2.45, 2.75) is 24.3 Å². The Morgan fingerprint density at radius 2 is 2.03 bits per heavy atom. The van der Waals surface area contributed by atoms with Gasteiger partial charge in [-0.05, 0) is 55.3 Å². The molecule has 1 unspecified atom stereocenters. The van der Waals surface area contributed by atoms with Crippen LogP contribution in [0.15, 0.2) is 56.8 Å². The maximum Gasteiger partial charge on any atom is 0.252 e. The first-order chi connectivity index (χ1) is 15.3. The van der Waals surface area contributed by atoms with Crippen molar-refractivity contribution >= 4 is 53.4 Å². The molecule has 166 valence electrons. The zero-order valence-corrected chi connectivity index (χ0v) is 20.1. The molecule has 1 aromatic heterocycles. The molecule has 6 nitrogen and oxygen atoms in total. The second kappa shape index (κ2) is 9.27. The van der Waals surface area contributed by atoms with Gasteiger partial charge in [-0.1, -0.05) is 33.2 Å². The SMILES string of the molecule is C#CCn1c(=NC(=O)C2CCCN(S(=O)(=O)c3ccc(F)cc3)C2)sc2cc(Br)ccc21. The number of hydrogen-bond donors (Lipinski definition) is 0. The summed E-state index contributed by atoms with van der Waals surface area (Å²) in [7, 11) is -3.82. The molecule has 1 fully saturated rings. The summed E-state index contributed by atoms with van der Waals surface area (Å²) in [5.41, 5.74) is 0.881. The summed E-state index contributed by atoms with van der Waals surface area (Å²) in [5, 5.41) is 0. The van der Waals surface area contributed by atoms with Crippen LogP contribution in [0.25, 0.3) is 10.2 Å². The quantitative estimate of drug-likeness (QED) is 0.477. The fourth-order valence-electron chi connectivity index (χ4n) is 3.68. The van der Waals surface area contributed by atoms with Gasteiger partial charge in [0, 0.05) is 17.6 Å². The van der Waals surface area contributed by atoms with E-state index < -0.39 is 21.8 Å². The molecule has 1 atom stereocenters. The largest absolute Gasteiger partial charge is 0.305 e. The van der Waals surface area contributed by atoms with E-state index >= 15 is 0 Å². The fraction of sp³-hybridized carbons (Fsp3) is 0.273. The number of halogens is 2. The second-order valence-electron chi connectivity index (χ2n) is 7.39. The summed E-state index contributed by atoms with van der Waals surface area (Å²) < 4.78 is 44.0. The summed E-state index contributed by atoms with van der Waals surface area (Å²) in [6.45, 7) is 0.606. The Labute approximate surface area is 197 Å². The third-order valence-electron chi connectivity index (χ3n) is 5.28. The number of terminal acetylenes is 1. The van der Waals surface area contributed by atoms with E-state index in [9.17, 15) is 17.6 Å². The second-order valence-corrected chi connectivity index (χ2v) is 11.3. The number of rotatable bonds is 4. The Hall–Kier alpha value is -2.32. The number of aromatic nitrogens is 1. The third kappa shape index (κ3) is 4.57. The van der Waals surface area contributed by atoms with Gasteiger partial charge in [-0.3, -0.25) is 4.79 Å². The maximum atomic E-state index is 13.2. The number of sulfonamides is 1. The lowest BCUT2D eigenvalue weighted by atomic mass is 9.99. The average molecular weight is 536 g/mol. The van der Waals surface area contributed by atoms with Gasteiger partial charge >= 0.3 is 0 Å². The Bertz CT molecular complexity index is 1390. The summed E-state index contributed by atoms with van der Waals surface area (Å²) in [4.78, 5) is 17.8. The highest BCUT2D eigenvalue weighted by atomic mass is 79.9. The van der Waals surface area contributed by atoms with Crippen LogP contribution >= 0.6 is 27.3 Å². The zero-order valence-electron chi connectivity index (χ0n) is 16.9. The smallest absolute Gasteiger partial charge is 0.252 e. The molecule has 2 heterocycles. The fourth-order valence-corrected chi connectivity index (χ4v) is 6.79. The highest BCUT2D eigenvalue weighted by Crippen LogP contribution is 2.26. The van der Waals surface area contributed by atoms with Crippen LogP contribution < -0.4 is 4.80 Å². The molecule has 1 saturated heterocycles. The molecule has 0 radical (unpaired) electrons. The van der Waals surface area contributed by atoms with E-state index in [1.54, 1.807) is 4.57 Å². The monoisotopic (exact) mass is 535 g/mol. The summed E-state index contributed by atoms with van der Waals surface area (Å²) in [6, 6.07) is 10.4. The number of nitrogens with zero attached hydrogens (tertiary/aromatic N) is 3. The van der Waals surface area contributed by atoms with Gasteiger partial charge in [-0.15, -0.1) is 6.42 Å². The number of amides is 1. The minimum absolute atomic E-state index is 0.00545. The van der Waals surface area contributed by atoms with E-state index in [0.717, 1.165) is 26.8 Å². The normalized spacial score (nSPS) is 18.0. The van der Waals surface area contributed by atoms with Gasteiger partial charge in [0.15, 0.2) is 4.80 Å². The summed E-state index contributed by atoms with van der Waals surface area (Å²) in [5.74, 6) is 1.15. The molecule has 0 bridgehead atoms. The molecule has 0 aliphatic carbocycles. The van der Waals surface area contributed by atoms with Gasteiger partial charge in [0.2, 0.25) is 10.0 Å². The first kappa shape index (κ1) is 22.9. The predicted octanol–water partition coefficient (Wildman–Crippen LogP) is 3.77. The zero-order chi connectivity index (χ0) is 22.9. The van der Waals surface area contributed by atoms with Crippen LogP contribution in [0.2, 0.25) is 0 Å². The minimum Gasteiger partial charge on any atom is -0.305 e. The van der Waals surface area contributed by atoms with Crippen molar-refractivity contribution in [2.24, 2.45) is 10.9 Å². The first-order valence-corrected chi connectivity index (χ1v) is 12.9. The van der Waals surface area contributed by atoms with Crippen LogP contribution in [-0.2, 0) is 21.4 Å². The van der Waals surface area contributed by atoms with E-state index in [4.69, 9.17) is 6.42 Å². The van der Waals surface area contributed by atoms with Crippen LogP contribution in [0.4, 0.5) is 4.39 Å². The first-order valence-electron chi connectivity index (χ1n) is 9.86. The van der Waals surface area contributed by atoms with Gasteiger partial charge in [-0.2, -0.15) is 9.30 Å². The van der Waals surface area contributed by atoms with Crippen LogP contribution in [-0.4, -0.2) is 36.3 Å². The van der Waals surface area contributed by atoms with Gasteiger partial charge in [0.05, 0.1) is 27.6 Å². The van der Waals surface area contributed by atoms with Crippen molar-refractivity contribution in [1.82, 2.24) is 8.87 Å². The van der Waals surface area contributed by atoms with E-state index in [1.807, 2.05) is 18.2 Å². The molecule has 1 aliphatic heterocycles. The number of hydrogen-bond acceptors (Lipinski definition) is 4. The number of fused-ring (bicyclic) bond motifs is 1.